The van der Waals surface area contributed by atoms with Crippen LogP contribution in [0.25, 0.3) is 0 Å². The van der Waals surface area contributed by atoms with Crippen molar-refractivity contribution in [2.24, 2.45) is 10.8 Å². The van der Waals surface area contributed by atoms with Crippen LogP contribution >= 0.6 is 8.53 Å². The van der Waals surface area contributed by atoms with Crippen molar-refractivity contribution in [1.82, 2.24) is 4.67 Å². The Bertz CT molecular complexity index is 1340. The zero-order valence-electron chi connectivity index (χ0n) is 61.1. The van der Waals surface area contributed by atoms with Gasteiger partial charge in [-0.25, -0.2) is 4.67 Å². The Morgan fingerprint density at radius 1 is 0.487 bits per heavy atom. The first kappa shape index (κ1) is 63.6. The first-order valence-corrected chi connectivity index (χ1v) is 26.9. The molecule has 0 aliphatic carbocycles. The minimum atomic E-state index is -1.27. The number of benzene rings is 1. The fraction of sp³-hybridized carbons (Fsp3) is 0.875. The normalized spacial score (nSPS) is 13.1. The molecule has 0 spiro atoms. The number of nitriles is 1. The molecule has 0 aliphatic heterocycles. The van der Waals surface area contributed by atoms with Crippen molar-refractivity contribution in [3.63, 3.8) is 0 Å². The van der Waals surface area contributed by atoms with Crippen molar-refractivity contribution in [3.05, 3.63) is 35.9 Å². The second-order valence-electron chi connectivity index (χ2n) is 16.2. The van der Waals surface area contributed by atoms with E-state index < -0.39 is 19.4 Å². The average molecular weight is 1140 g/mol. The molecule has 19 nitrogen and oxygen atoms in total. The summed E-state index contributed by atoms with van der Waals surface area (Å²) in [5, 5.41) is 29.9. The van der Waals surface area contributed by atoms with E-state index in [1.54, 1.807) is 0 Å². The Morgan fingerprint density at radius 2 is 0.776 bits per heavy atom. The summed E-state index contributed by atoms with van der Waals surface area (Å²) in [5.74, 6) is 0. The average Bonchev–Trinajstić information content (AvgIpc) is 3.70. The quantitative estimate of drug-likeness (QED) is 0.0265. The molecule has 0 saturated carbocycles. The van der Waals surface area contributed by atoms with Crippen LogP contribution in [0.3, 0.4) is 0 Å². The molecule has 0 aliphatic rings. The Morgan fingerprint density at radius 3 is 1.08 bits per heavy atom. The van der Waals surface area contributed by atoms with Crippen LogP contribution in [0.1, 0.15) is 141 Å². The number of nitrogens with zero attached hydrogens (tertiary/aromatic N) is 2. The maximum Gasteiger partial charge on any atom is 0.259 e. The van der Waals surface area contributed by atoms with Gasteiger partial charge in [-0.3, -0.25) is 0 Å². The molecule has 0 bridgehead atoms. The molecule has 0 saturated heterocycles. The van der Waals surface area contributed by atoms with Crippen LogP contribution in [-0.4, -0.2) is 224 Å². The van der Waals surface area contributed by atoms with E-state index in [0.717, 1.165) is 12.0 Å². The topological polar surface area (TPSA) is 250 Å². The molecule has 0 amide bonds. The summed E-state index contributed by atoms with van der Waals surface area (Å²) in [5.41, 5.74) is 0.204. The third-order valence-electron chi connectivity index (χ3n) is 8.98. The molecule has 0 aromatic heterocycles. The first-order chi connectivity index (χ1) is 42.6. The fourth-order valence-electron chi connectivity index (χ4n) is 6.07. The van der Waals surface area contributed by atoms with Gasteiger partial charge in [-0.1, -0.05) is 71.7 Å². The van der Waals surface area contributed by atoms with Gasteiger partial charge in [0.1, 0.15) is 0 Å². The summed E-state index contributed by atoms with van der Waals surface area (Å²) in [7, 11) is 6.48. The van der Waals surface area contributed by atoms with Crippen molar-refractivity contribution >= 4 is 8.53 Å². The van der Waals surface area contributed by atoms with Crippen molar-refractivity contribution in [1.29, 1.82) is 13.8 Å². The fourth-order valence-corrected chi connectivity index (χ4v) is 7.69. The van der Waals surface area contributed by atoms with Gasteiger partial charge in [0.2, 0.25) is 8.59 Å². The molecule has 0 fully saturated rings. The number of hydrogen-bond donors (Lipinski definition) is 6. The lowest BCUT2D eigenvalue weighted by molar-refractivity contribution is -0.108. The zero-order valence-corrected chi connectivity index (χ0v) is 50.0. The number of rotatable bonds is 45. The van der Waals surface area contributed by atoms with Crippen molar-refractivity contribution < 1.29 is 90.6 Å². The van der Waals surface area contributed by atoms with Gasteiger partial charge in [-0.2, -0.15) is 5.26 Å². The van der Waals surface area contributed by atoms with E-state index in [4.69, 9.17) is 73.8 Å². The van der Waals surface area contributed by atoms with Gasteiger partial charge in [0.15, 0.2) is 0 Å². The summed E-state index contributed by atoms with van der Waals surface area (Å²) in [6, 6.07) is 12.7. The van der Waals surface area contributed by atoms with E-state index in [1.807, 2.05) is 30.3 Å². The first-order valence-electron chi connectivity index (χ1n) is 32.5. The smallest absolute Gasteiger partial charge is 0.259 e. The van der Waals surface area contributed by atoms with Crippen LogP contribution < -0.4 is 0 Å². The SMILES string of the molecule is [2H]CCCOCC(COCCC[2H])(COCCC[2H])COCCCOCc1ccccc1.[2H]CCCOCC(COCCC[2H])(COCCC[2H])COCCCOP(OCCC#N)N(C(C)C)C(C)C.[3H]OC.[3H]OC.[3H]OC.[3H]OC.[3H]OC.[3H]OC. The highest BCUT2D eigenvalue weighted by Gasteiger charge is 2.34. The molecule has 0 radical (unpaired) electrons. The molecular weight excluding hydrogens is 1000 g/mol. The predicted molar refractivity (Wildman–Crippen MR) is 309 cm³/mol. The van der Waals surface area contributed by atoms with E-state index >= 15 is 0 Å². The highest BCUT2D eigenvalue weighted by molar-refractivity contribution is 7.44. The summed E-state index contributed by atoms with van der Waals surface area (Å²) in [6.07, 6.45) is 5.86. The highest BCUT2D eigenvalue weighted by atomic mass is 31.2. The Hall–Kier alpha value is -1.58. The summed E-state index contributed by atoms with van der Waals surface area (Å²) >= 11 is 0. The number of ether oxygens (including phenoxy) is 9. The Balaban J connectivity index is -0.000000235. The molecule has 6 N–H and O–H groups in total. The number of aliphatic hydroxyl groups is 6. The summed E-state index contributed by atoms with van der Waals surface area (Å²) in [6.45, 7) is 19.9. The van der Waals surface area contributed by atoms with Gasteiger partial charge < -0.3 is 82.3 Å². The summed E-state index contributed by atoms with van der Waals surface area (Å²) < 4.78 is 145. The second kappa shape index (κ2) is 75.5. The van der Waals surface area contributed by atoms with E-state index in [9.17, 15) is 0 Å². The van der Waals surface area contributed by atoms with Gasteiger partial charge in [-0.05, 0) is 84.6 Å². The van der Waals surface area contributed by atoms with Crippen LogP contribution in [0, 0.1) is 22.2 Å². The maximum absolute atomic E-state index is 8.87. The summed E-state index contributed by atoms with van der Waals surface area (Å²) in [4.78, 5) is 0. The molecule has 0 heterocycles. The molecule has 460 valence electrons. The molecule has 1 unspecified atom stereocenters. The molecule has 1 aromatic carbocycles. The highest BCUT2D eigenvalue weighted by Crippen LogP contribution is 2.46. The largest absolute Gasteiger partial charge is 0.400 e. The van der Waals surface area contributed by atoms with E-state index in [2.05, 4.69) is 69.1 Å². The molecule has 1 aromatic rings. The van der Waals surface area contributed by atoms with Crippen molar-refractivity contribution in [3.8, 4) is 6.07 Å². The van der Waals surface area contributed by atoms with Crippen LogP contribution in [-0.2, 0) is 58.3 Å². The van der Waals surface area contributed by atoms with Gasteiger partial charge in [0.05, 0.1) is 96.0 Å². The molecular formula is C56H119N2O17P. The lowest BCUT2D eigenvalue weighted by Crippen LogP contribution is -2.42. The lowest BCUT2D eigenvalue weighted by Gasteiger charge is -2.35. The van der Waals surface area contributed by atoms with Crippen molar-refractivity contribution in [2.75, 3.05) is 168 Å². The minimum absolute atomic E-state index is 0.250. The van der Waals surface area contributed by atoms with Crippen LogP contribution in [0.15, 0.2) is 30.3 Å². The van der Waals surface area contributed by atoms with Gasteiger partial charge in [0, 0.05) is 122 Å². The maximum atomic E-state index is 8.87. The Labute approximate surface area is 483 Å². The zero-order chi connectivity index (χ0) is 67.9. The van der Waals surface area contributed by atoms with E-state index in [-0.39, 0.29) is 12.1 Å². The third kappa shape index (κ3) is 57.1. The standard InChI is InChI=1S/C26H53N2O6P.C24H42O5.6CH4O/c1-8-14-29-20-26(21-30-15-9-2,22-31-16-10-3)23-32-17-12-19-34-35(33-18-11-13-27)28(24(4)5)25(6)7;1-4-13-26-19-24(20-27-14-5-2,21-28-15-6-3)22-29-17-10-16-25-18-23-11-8-7-9-12-23;6*1-2/h24-25H,8-12,14-23H2,1-7H3;7-9,11-12H,4-6,10,13-22H2,1-3H3;6*2H,1H3/i2*1D,2D,3D;6*2T. The third-order valence-corrected chi connectivity index (χ3v) is 11.1. The molecule has 1 rings (SSSR count). The molecule has 20 heteroatoms. The van der Waals surface area contributed by atoms with Gasteiger partial charge in [0.25, 0.3) is 8.53 Å². The molecule has 76 heavy (non-hydrogen) atoms. The minimum Gasteiger partial charge on any atom is -0.400 e. The van der Waals surface area contributed by atoms with Gasteiger partial charge >= 0.3 is 0 Å². The number of hydrogen-bond acceptors (Lipinski definition) is 19. The second-order valence-corrected chi connectivity index (χ2v) is 17.6. The van der Waals surface area contributed by atoms with Crippen molar-refractivity contribution in [2.45, 2.75) is 146 Å². The lowest BCUT2D eigenvalue weighted by atomic mass is 9.92. The van der Waals surface area contributed by atoms with Crippen LogP contribution in [0.5, 0.6) is 0 Å². The van der Waals surface area contributed by atoms with E-state index in [1.165, 1.54) is 42.7 Å². The van der Waals surface area contributed by atoms with E-state index in [0.29, 0.717) is 225 Å². The van der Waals surface area contributed by atoms with Gasteiger partial charge in [-0.15, -0.1) is 0 Å². The molecule has 1 atom stereocenters. The van der Waals surface area contributed by atoms with Crippen LogP contribution in [0.4, 0.5) is 0 Å². The number of aliphatic hydroxyl groups excluding tert-OH is 6. The predicted octanol–water partition coefficient (Wildman–Crippen LogP) is 8.48. The van der Waals surface area contributed by atoms with Crippen LogP contribution in [0.2, 0.25) is 0 Å². The monoisotopic (exact) mass is 1140 g/mol. The Kier molecular flexibility index (Phi) is 63.2.